The van der Waals surface area contributed by atoms with Crippen molar-refractivity contribution >= 4 is 11.9 Å². The number of rotatable bonds is 3. The number of hydrogen-bond acceptors (Lipinski definition) is 2. The lowest BCUT2D eigenvalue weighted by Gasteiger charge is -2.37. The molecule has 4 nitrogen and oxygen atoms in total. The summed E-state index contributed by atoms with van der Waals surface area (Å²) in [5.74, 6) is -0.785. The standard InChI is InChI=1S/C14H18FNO3/c1-9(16(13(18)19)14(2,3)4)12(17)10-5-7-11(15)8-6-10/h5-9H,1-4H3,(H,18,19). The Kier molecular flexibility index (Phi) is 4.29. The maximum Gasteiger partial charge on any atom is 0.408 e. The minimum atomic E-state index is -1.16. The fourth-order valence-corrected chi connectivity index (χ4v) is 2.01. The van der Waals surface area contributed by atoms with Crippen molar-refractivity contribution in [3.8, 4) is 0 Å². The van der Waals surface area contributed by atoms with Gasteiger partial charge in [-0.2, -0.15) is 0 Å². The molecule has 0 aromatic heterocycles. The first-order valence-corrected chi connectivity index (χ1v) is 5.96. The minimum Gasteiger partial charge on any atom is -0.465 e. The van der Waals surface area contributed by atoms with Crippen LogP contribution in [0.15, 0.2) is 24.3 Å². The number of carbonyl (C=O) groups excluding carboxylic acids is 1. The van der Waals surface area contributed by atoms with Crippen LogP contribution < -0.4 is 0 Å². The van der Waals surface area contributed by atoms with Gasteiger partial charge in [0.05, 0.1) is 6.04 Å². The van der Waals surface area contributed by atoms with Crippen molar-refractivity contribution in [2.75, 3.05) is 0 Å². The van der Waals surface area contributed by atoms with Crippen LogP contribution in [-0.4, -0.2) is 33.5 Å². The van der Waals surface area contributed by atoms with E-state index in [1.807, 2.05) is 0 Å². The second-order valence-corrected chi connectivity index (χ2v) is 5.37. The van der Waals surface area contributed by atoms with Gasteiger partial charge in [-0.25, -0.2) is 9.18 Å². The normalized spacial score (nSPS) is 12.9. The second kappa shape index (κ2) is 5.38. The molecule has 1 aromatic carbocycles. The number of ketones is 1. The molecule has 1 aromatic rings. The summed E-state index contributed by atoms with van der Waals surface area (Å²) >= 11 is 0. The molecule has 104 valence electrons. The molecule has 19 heavy (non-hydrogen) atoms. The molecule has 0 aliphatic carbocycles. The highest BCUT2D eigenvalue weighted by molar-refractivity contribution is 6.01. The summed E-state index contributed by atoms with van der Waals surface area (Å²) in [6.45, 7) is 6.69. The van der Waals surface area contributed by atoms with E-state index in [-0.39, 0.29) is 5.78 Å². The van der Waals surface area contributed by atoms with Crippen molar-refractivity contribution in [3.05, 3.63) is 35.6 Å². The SMILES string of the molecule is CC(C(=O)c1ccc(F)cc1)N(C(=O)O)C(C)(C)C. The van der Waals surface area contributed by atoms with Crippen molar-refractivity contribution < 1.29 is 19.1 Å². The van der Waals surface area contributed by atoms with Crippen LogP contribution in [0.1, 0.15) is 38.1 Å². The van der Waals surface area contributed by atoms with Gasteiger partial charge in [-0.3, -0.25) is 9.69 Å². The summed E-state index contributed by atoms with van der Waals surface area (Å²) in [6.07, 6.45) is -1.16. The van der Waals surface area contributed by atoms with E-state index in [1.54, 1.807) is 20.8 Å². The Bertz CT molecular complexity index is 476. The van der Waals surface area contributed by atoms with E-state index in [0.717, 1.165) is 4.90 Å². The lowest BCUT2D eigenvalue weighted by Crippen LogP contribution is -2.52. The van der Waals surface area contributed by atoms with Gasteiger partial charge >= 0.3 is 6.09 Å². The van der Waals surface area contributed by atoms with Crippen molar-refractivity contribution in [1.29, 1.82) is 0 Å². The Morgan fingerprint density at radius 1 is 1.21 bits per heavy atom. The van der Waals surface area contributed by atoms with E-state index >= 15 is 0 Å². The molecule has 0 fully saturated rings. The molecule has 0 heterocycles. The van der Waals surface area contributed by atoms with Crippen LogP contribution in [0.3, 0.4) is 0 Å². The summed E-state index contributed by atoms with van der Waals surface area (Å²) in [5.41, 5.74) is -0.398. The summed E-state index contributed by atoms with van der Waals surface area (Å²) in [7, 11) is 0. The molecule has 1 unspecified atom stereocenters. The quantitative estimate of drug-likeness (QED) is 0.856. The Hall–Kier alpha value is -1.91. The fraction of sp³-hybridized carbons (Fsp3) is 0.429. The van der Waals surface area contributed by atoms with Crippen LogP contribution in [0, 0.1) is 5.82 Å². The largest absolute Gasteiger partial charge is 0.465 e. The average molecular weight is 267 g/mol. The molecule has 0 saturated carbocycles. The smallest absolute Gasteiger partial charge is 0.408 e. The van der Waals surface area contributed by atoms with E-state index in [2.05, 4.69) is 0 Å². The van der Waals surface area contributed by atoms with E-state index in [0.29, 0.717) is 5.56 Å². The zero-order chi connectivity index (χ0) is 14.8. The van der Waals surface area contributed by atoms with Gasteiger partial charge in [0.15, 0.2) is 5.78 Å². The van der Waals surface area contributed by atoms with Crippen LogP contribution in [0.25, 0.3) is 0 Å². The average Bonchev–Trinajstić information content (AvgIpc) is 2.26. The summed E-state index contributed by atoms with van der Waals surface area (Å²) < 4.78 is 12.8. The Morgan fingerprint density at radius 3 is 2.05 bits per heavy atom. The second-order valence-electron chi connectivity index (χ2n) is 5.37. The first kappa shape index (κ1) is 15.1. The van der Waals surface area contributed by atoms with E-state index < -0.39 is 23.5 Å². The number of carbonyl (C=O) groups is 2. The number of hydrogen-bond donors (Lipinski definition) is 1. The number of benzene rings is 1. The zero-order valence-electron chi connectivity index (χ0n) is 11.5. The minimum absolute atomic E-state index is 0.296. The number of Topliss-reactive ketones (excluding diaryl/α,β-unsaturated/α-hetero) is 1. The maximum atomic E-state index is 12.8. The van der Waals surface area contributed by atoms with Crippen LogP contribution in [0.5, 0.6) is 0 Å². The Balaban J connectivity index is 3.04. The topological polar surface area (TPSA) is 57.6 Å². The van der Waals surface area contributed by atoms with Gasteiger partial charge in [0.25, 0.3) is 0 Å². The third-order valence-electron chi connectivity index (χ3n) is 2.82. The summed E-state index contributed by atoms with van der Waals surface area (Å²) in [5, 5.41) is 9.23. The van der Waals surface area contributed by atoms with Gasteiger partial charge in [-0.15, -0.1) is 0 Å². The first-order chi connectivity index (χ1) is 8.64. The van der Waals surface area contributed by atoms with Gasteiger partial charge in [0, 0.05) is 11.1 Å². The molecule has 0 spiro atoms. The van der Waals surface area contributed by atoms with E-state index in [9.17, 15) is 19.1 Å². The molecule has 5 heteroatoms. The molecule has 0 bridgehead atoms. The molecular weight excluding hydrogens is 249 g/mol. The Labute approximate surface area is 111 Å². The monoisotopic (exact) mass is 267 g/mol. The number of halogens is 1. The molecule has 1 amide bonds. The highest BCUT2D eigenvalue weighted by Crippen LogP contribution is 2.20. The van der Waals surface area contributed by atoms with Gasteiger partial charge in [0.1, 0.15) is 5.82 Å². The fourth-order valence-electron chi connectivity index (χ4n) is 2.01. The van der Waals surface area contributed by atoms with Gasteiger partial charge in [-0.05, 0) is 52.0 Å². The summed E-state index contributed by atoms with van der Waals surface area (Å²) in [6, 6.07) is 4.25. The number of carboxylic acid groups (broad SMARTS) is 1. The molecule has 1 atom stereocenters. The first-order valence-electron chi connectivity index (χ1n) is 5.96. The maximum absolute atomic E-state index is 12.8. The van der Waals surface area contributed by atoms with E-state index in [1.165, 1.54) is 31.2 Å². The Morgan fingerprint density at radius 2 is 1.68 bits per heavy atom. The lowest BCUT2D eigenvalue weighted by atomic mass is 9.98. The van der Waals surface area contributed by atoms with Crippen molar-refractivity contribution in [1.82, 2.24) is 4.90 Å². The predicted molar refractivity (Wildman–Crippen MR) is 69.8 cm³/mol. The molecule has 0 radical (unpaired) electrons. The predicted octanol–water partition coefficient (Wildman–Crippen LogP) is 3.18. The molecule has 1 N–H and O–H groups in total. The lowest BCUT2D eigenvalue weighted by molar-refractivity contribution is 0.0589. The van der Waals surface area contributed by atoms with Gasteiger partial charge in [0.2, 0.25) is 0 Å². The van der Waals surface area contributed by atoms with Gasteiger partial charge in [-0.1, -0.05) is 0 Å². The molecule has 0 saturated heterocycles. The third kappa shape index (κ3) is 3.53. The van der Waals surface area contributed by atoms with Crippen LogP contribution in [0.2, 0.25) is 0 Å². The van der Waals surface area contributed by atoms with Crippen molar-refractivity contribution in [2.45, 2.75) is 39.3 Å². The van der Waals surface area contributed by atoms with Crippen LogP contribution in [0.4, 0.5) is 9.18 Å². The molecular formula is C14H18FNO3. The molecule has 0 aliphatic heterocycles. The van der Waals surface area contributed by atoms with Crippen LogP contribution >= 0.6 is 0 Å². The third-order valence-corrected chi connectivity index (χ3v) is 2.82. The highest BCUT2D eigenvalue weighted by atomic mass is 19.1. The van der Waals surface area contributed by atoms with Crippen molar-refractivity contribution in [3.63, 3.8) is 0 Å². The van der Waals surface area contributed by atoms with Gasteiger partial charge < -0.3 is 5.11 Å². The zero-order valence-corrected chi connectivity index (χ0v) is 11.5. The number of amides is 1. The number of nitrogens with zero attached hydrogens (tertiary/aromatic N) is 1. The van der Waals surface area contributed by atoms with Crippen LogP contribution in [-0.2, 0) is 0 Å². The molecule has 1 rings (SSSR count). The van der Waals surface area contributed by atoms with Crippen molar-refractivity contribution in [2.24, 2.45) is 0 Å². The van der Waals surface area contributed by atoms with E-state index in [4.69, 9.17) is 0 Å². The summed E-state index contributed by atoms with van der Waals surface area (Å²) in [4.78, 5) is 24.6. The molecule has 0 aliphatic rings. The highest BCUT2D eigenvalue weighted by Gasteiger charge is 2.34.